The van der Waals surface area contributed by atoms with Crippen molar-refractivity contribution in [3.63, 3.8) is 0 Å². The van der Waals surface area contributed by atoms with Gasteiger partial charge in [-0.2, -0.15) is 5.10 Å². The second kappa shape index (κ2) is 12.8. The van der Waals surface area contributed by atoms with Crippen molar-refractivity contribution in [2.45, 2.75) is 92.6 Å². The van der Waals surface area contributed by atoms with E-state index in [0.717, 1.165) is 35.9 Å². The molecule has 1 aromatic carbocycles. The molecule has 1 N–H and O–H groups in total. The molecule has 0 saturated heterocycles. The first-order valence-corrected chi connectivity index (χ1v) is 12.3. The highest BCUT2D eigenvalue weighted by Gasteiger charge is 2.26. The third kappa shape index (κ3) is 7.50. The van der Waals surface area contributed by atoms with Gasteiger partial charge in [0, 0.05) is 11.4 Å². The van der Waals surface area contributed by atoms with Crippen LogP contribution < -0.4 is 15.4 Å². The predicted molar refractivity (Wildman–Crippen MR) is 133 cm³/mol. The Morgan fingerprint density at radius 1 is 1.10 bits per heavy atom. The minimum atomic E-state index is 0.160. The largest absolute Gasteiger partial charge is 0.308 e. The summed E-state index contributed by atoms with van der Waals surface area (Å²) in [4.78, 5) is 6.27. The van der Waals surface area contributed by atoms with Crippen LogP contribution in [0.1, 0.15) is 75.2 Å². The molecule has 0 fully saturated rings. The highest BCUT2D eigenvalue weighted by Crippen LogP contribution is 2.26. The monoisotopic (exact) mass is 430 g/mol. The van der Waals surface area contributed by atoms with Crippen LogP contribution in [-0.2, 0) is 6.54 Å². The van der Waals surface area contributed by atoms with Gasteiger partial charge in [-0.05, 0) is 48.3 Å². The van der Waals surface area contributed by atoms with E-state index in [1.165, 1.54) is 4.90 Å². The van der Waals surface area contributed by atoms with Crippen molar-refractivity contribution >= 4 is 23.8 Å². The molecule has 3 rings (SSSR count). The van der Waals surface area contributed by atoms with Gasteiger partial charge in [-0.1, -0.05) is 86.6 Å². The maximum Gasteiger partial charge on any atom is 0.167 e. The normalized spacial score (nSPS) is 14.9. The van der Waals surface area contributed by atoms with Gasteiger partial charge in [0.2, 0.25) is 0 Å². The number of aryl methyl sites for hydroxylation is 1. The SMILES string of the molecule is CC.CC.CC(C)CCn1nc(NSc2ccccc2)c2c1=N[C@H](C(C)(C)C)CC=2. The van der Waals surface area contributed by atoms with Crippen LogP contribution in [0.4, 0.5) is 5.82 Å². The van der Waals surface area contributed by atoms with Gasteiger partial charge in [0.1, 0.15) is 0 Å². The molecule has 1 aliphatic rings. The second-order valence-corrected chi connectivity index (χ2v) is 9.34. The fourth-order valence-corrected chi connectivity index (χ4v) is 3.63. The highest BCUT2D eigenvalue weighted by molar-refractivity contribution is 8.00. The summed E-state index contributed by atoms with van der Waals surface area (Å²) >= 11 is 1.60. The van der Waals surface area contributed by atoms with Crippen molar-refractivity contribution in [2.24, 2.45) is 16.3 Å². The van der Waals surface area contributed by atoms with Crippen LogP contribution in [0.25, 0.3) is 6.08 Å². The number of anilines is 1. The summed E-state index contributed by atoms with van der Waals surface area (Å²) in [6.45, 7) is 20.2. The summed E-state index contributed by atoms with van der Waals surface area (Å²) in [5, 5.41) is 6.01. The zero-order chi connectivity index (χ0) is 22.7. The Hall–Kier alpha value is -1.75. The van der Waals surface area contributed by atoms with Crippen LogP contribution in [-0.4, -0.2) is 15.8 Å². The topological polar surface area (TPSA) is 42.2 Å². The van der Waals surface area contributed by atoms with E-state index in [1.54, 1.807) is 11.9 Å². The van der Waals surface area contributed by atoms with Crippen LogP contribution in [0, 0.1) is 11.3 Å². The second-order valence-electron chi connectivity index (χ2n) is 8.46. The number of fused-ring (bicyclic) bond motifs is 1. The standard InChI is InChI=1S/C21H30N4S.2C2H6/c1-15(2)13-14-25-20-17(11-12-18(22-20)21(3,4)5)19(23-25)24-26-16-9-7-6-8-10-16;2*1-2/h6-11,15,18H,12-14H2,1-5H3,(H,23,24);2*1-2H3/t18-;;/m0../s1. The molecule has 1 aliphatic heterocycles. The molecule has 168 valence electrons. The van der Waals surface area contributed by atoms with Gasteiger partial charge in [0.05, 0.1) is 11.3 Å². The molecule has 0 unspecified atom stereocenters. The first-order chi connectivity index (χ1) is 14.3. The number of hydrogen-bond donors (Lipinski definition) is 1. The van der Waals surface area contributed by atoms with E-state index < -0.39 is 0 Å². The summed E-state index contributed by atoms with van der Waals surface area (Å²) in [6.07, 6.45) is 4.39. The number of nitrogens with one attached hydrogen (secondary N) is 1. The molecular formula is C25H42N4S. The third-order valence-electron chi connectivity index (χ3n) is 4.71. The first kappa shape index (κ1) is 26.3. The molecule has 2 heterocycles. The van der Waals surface area contributed by atoms with Crippen molar-refractivity contribution in [3.8, 4) is 0 Å². The van der Waals surface area contributed by atoms with E-state index in [0.29, 0.717) is 12.0 Å². The Bertz CT molecular complexity index is 848. The molecule has 1 atom stereocenters. The van der Waals surface area contributed by atoms with Crippen LogP contribution in [0.5, 0.6) is 0 Å². The van der Waals surface area contributed by atoms with Gasteiger partial charge in [0.15, 0.2) is 11.3 Å². The number of nitrogens with zero attached hydrogens (tertiary/aromatic N) is 3. The first-order valence-electron chi connectivity index (χ1n) is 11.5. The minimum Gasteiger partial charge on any atom is -0.308 e. The summed E-state index contributed by atoms with van der Waals surface area (Å²) < 4.78 is 5.54. The fourth-order valence-electron chi connectivity index (χ4n) is 2.98. The Balaban J connectivity index is 0.00000106. The molecule has 0 radical (unpaired) electrons. The van der Waals surface area contributed by atoms with Gasteiger partial charge >= 0.3 is 0 Å². The van der Waals surface area contributed by atoms with Gasteiger partial charge in [-0.15, -0.1) is 0 Å². The molecule has 0 aliphatic carbocycles. The molecule has 5 heteroatoms. The average Bonchev–Trinajstić information content (AvgIpc) is 3.11. The van der Waals surface area contributed by atoms with Crippen LogP contribution in [0.2, 0.25) is 0 Å². The quantitative estimate of drug-likeness (QED) is 0.545. The zero-order valence-electron chi connectivity index (χ0n) is 20.5. The lowest BCUT2D eigenvalue weighted by Crippen LogP contribution is -2.39. The molecule has 0 amide bonds. The van der Waals surface area contributed by atoms with Gasteiger partial charge in [-0.3, -0.25) is 4.99 Å². The van der Waals surface area contributed by atoms with E-state index >= 15 is 0 Å². The van der Waals surface area contributed by atoms with E-state index in [1.807, 2.05) is 33.8 Å². The minimum absolute atomic E-state index is 0.160. The molecule has 2 aromatic rings. The molecule has 0 bridgehead atoms. The lowest BCUT2D eigenvalue weighted by atomic mass is 9.84. The van der Waals surface area contributed by atoms with Gasteiger partial charge in [0.25, 0.3) is 0 Å². The molecule has 1 aromatic heterocycles. The molecule has 0 saturated carbocycles. The molecule has 30 heavy (non-hydrogen) atoms. The Morgan fingerprint density at radius 3 is 2.30 bits per heavy atom. The van der Waals surface area contributed by atoms with E-state index in [4.69, 9.17) is 10.1 Å². The lowest BCUT2D eigenvalue weighted by molar-refractivity contribution is 0.316. The summed E-state index contributed by atoms with van der Waals surface area (Å²) in [5.74, 6) is 1.57. The highest BCUT2D eigenvalue weighted by atomic mass is 32.2. The van der Waals surface area contributed by atoms with Crippen LogP contribution in [0.3, 0.4) is 0 Å². The summed E-state index contributed by atoms with van der Waals surface area (Å²) in [7, 11) is 0. The maximum absolute atomic E-state index is 5.09. The van der Waals surface area contributed by atoms with Gasteiger partial charge in [-0.25, -0.2) is 4.68 Å². The summed E-state index contributed by atoms with van der Waals surface area (Å²) in [5.41, 5.74) is 1.20. The Labute approximate surface area is 188 Å². The number of aromatic nitrogens is 2. The smallest absolute Gasteiger partial charge is 0.167 e. The Morgan fingerprint density at radius 2 is 1.73 bits per heavy atom. The molecule has 4 nitrogen and oxygen atoms in total. The number of rotatable bonds is 6. The fraction of sp³-hybridized carbons (Fsp3) is 0.600. The average molecular weight is 431 g/mol. The third-order valence-corrected chi connectivity index (χ3v) is 5.51. The summed E-state index contributed by atoms with van der Waals surface area (Å²) in [6, 6.07) is 10.6. The van der Waals surface area contributed by atoms with Crippen molar-refractivity contribution in [1.29, 1.82) is 0 Å². The molecule has 0 spiro atoms. The van der Waals surface area contributed by atoms with Crippen molar-refractivity contribution < 1.29 is 0 Å². The van der Waals surface area contributed by atoms with E-state index in [9.17, 15) is 0 Å². The Kier molecular flexibility index (Phi) is 11.2. The van der Waals surface area contributed by atoms with Crippen molar-refractivity contribution in [3.05, 3.63) is 41.0 Å². The van der Waals surface area contributed by atoms with Crippen LogP contribution >= 0.6 is 11.9 Å². The van der Waals surface area contributed by atoms with E-state index in [2.05, 4.69) is 74.4 Å². The maximum atomic E-state index is 5.09. The van der Waals surface area contributed by atoms with Crippen LogP contribution in [0.15, 0.2) is 40.2 Å². The lowest BCUT2D eigenvalue weighted by Gasteiger charge is -2.27. The van der Waals surface area contributed by atoms with Gasteiger partial charge < -0.3 is 4.72 Å². The number of hydrogen-bond acceptors (Lipinski definition) is 4. The van der Waals surface area contributed by atoms with Crippen molar-refractivity contribution in [2.75, 3.05) is 4.72 Å². The molecular weight excluding hydrogens is 388 g/mol. The zero-order valence-corrected chi connectivity index (χ0v) is 21.3. The van der Waals surface area contributed by atoms with E-state index in [-0.39, 0.29) is 5.41 Å². The van der Waals surface area contributed by atoms with Crippen molar-refractivity contribution in [1.82, 2.24) is 9.78 Å². The number of benzene rings is 1. The predicted octanol–water partition coefficient (Wildman–Crippen LogP) is 6.32.